The summed E-state index contributed by atoms with van der Waals surface area (Å²) in [6.07, 6.45) is 2.11. The average Bonchev–Trinajstić information content (AvgIpc) is 2.42. The highest BCUT2D eigenvalue weighted by molar-refractivity contribution is 9.10. The molecule has 2 rings (SSSR count). The van der Waals surface area contributed by atoms with Crippen LogP contribution in [-0.2, 0) is 4.74 Å². The third kappa shape index (κ3) is 3.41. The number of piperidine rings is 1. The Morgan fingerprint density at radius 3 is 2.65 bits per heavy atom. The van der Waals surface area contributed by atoms with Crippen molar-refractivity contribution >= 4 is 21.9 Å². The van der Waals surface area contributed by atoms with Crippen molar-refractivity contribution in [1.82, 2.24) is 5.32 Å². The highest BCUT2D eigenvalue weighted by Gasteiger charge is 2.34. The minimum atomic E-state index is -0.423. The van der Waals surface area contributed by atoms with Crippen LogP contribution in [0, 0.1) is 12.8 Å². The zero-order valence-corrected chi connectivity index (χ0v) is 13.9. The first kappa shape index (κ1) is 15.5. The van der Waals surface area contributed by atoms with Gasteiger partial charge in [0.25, 0.3) is 0 Å². The topological polar surface area (TPSA) is 38.3 Å². The second-order valence-electron chi connectivity index (χ2n) is 5.93. The molecule has 1 heterocycles. The van der Waals surface area contributed by atoms with Crippen molar-refractivity contribution in [3.63, 3.8) is 0 Å². The predicted octanol–water partition coefficient (Wildman–Crippen LogP) is 3.69. The number of nitrogens with one attached hydrogen (secondary N) is 1. The second-order valence-corrected chi connectivity index (χ2v) is 6.78. The van der Waals surface area contributed by atoms with Gasteiger partial charge in [0, 0.05) is 10.4 Å². The molecule has 1 aliphatic heterocycles. The van der Waals surface area contributed by atoms with Gasteiger partial charge in [0.15, 0.2) is 0 Å². The van der Waals surface area contributed by atoms with Crippen LogP contribution in [0.3, 0.4) is 0 Å². The van der Waals surface area contributed by atoms with E-state index in [4.69, 9.17) is 4.74 Å². The van der Waals surface area contributed by atoms with Gasteiger partial charge in [-0.2, -0.15) is 0 Å². The van der Waals surface area contributed by atoms with Crippen LogP contribution < -0.4 is 5.32 Å². The van der Waals surface area contributed by atoms with E-state index in [1.54, 1.807) is 0 Å². The van der Waals surface area contributed by atoms with Crippen LogP contribution in [0.2, 0.25) is 0 Å². The number of halogens is 1. The van der Waals surface area contributed by atoms with Crippen LogP contribution in [0.1, 0.15) is 42.6 Å². The predicted molar refractivity (Wildman–Crippen MR) is 84.0 cm³/mol. The van der Waals surface area contributed by atoms with E-state index in [1.165, 1.54) is 0 Å². The van der Waals surface area contributed by atoms with E-state index in [0.29, 0.717) is 11.5 Å². The standard InChI is InChI=1S/C16H22BrNO2/c1-11-13(5-4-6-14(11)17)15(19)20-16(2,3)12-7-9-18-10-8-12/h4-6,12,18H,7-10H2,1-3H3. The van der Waals surface area contributed by atoms with Crippen LogP contribution in [0.5, 0.6) is 0 Å². The van der Waals surface area contributed by atoms with Crippen LogP contribution in [-0.4, -0.2) is 24.7 Å². The highest BCUT2D eigenvalue weighted by atomic mass is 79.9. The molecule has 110 valence electrons. The third-order valence-electron chi connectivity index (χ3n) is 4.17. The summed E-state index contributed by atoms with van der Waals surface area (Å²) in [6.45, 7) is 7.98. The lowest BCUT2D eigenvalue weighted by Gasteiger charge is -2.36. The molecule has 1 fully saturated rings. The number of esters is 1. The molecule has 1 aromatic rings. The lowest BCUT2D eigenvalue weighted by Crippen LogP contribution is -2.42. The Morgan fingerprint density at radius 1 is 1.35 bits per heavy atom. The van der Waals surface area contributed by atoms with Gasteiger partial charge >= 0.3 is 5.97 Å². The van der Waals surface area contributed by atoms with Crippen molar-refractivity contribution in [2.24, 2.45) is 5.92 Å². The zero-order chi connectivity index (χ0) is 14.8. The fourth-order valence-corrected chi connectivity index (χ4v) is 3.09. The number of ether oxygens (including phenoxy) is 1. The Labute approximate surface area is 129 Å². The van der Waals surface area contributed by atoms with Crippen LogP contribution in [0.4, 0.5) is 0 Å². The highest BCUT2D eigenvalue weighted by Crippen LogP contribution is 2.30. The third-order valence-corrected chi connectivity index (χ3v) is 5.02. The molecular weight excluding hydrogens is 318 g/mol. The summed E-state index contributed by atoms with van der Waals surface area (Å²) >= 11 is 3.45. The van der Waals surface area contributed by atoms with E-state index >= 15 is 0 Å². The summed E-state index contributed by atoms with van der Waals surface area (Å²) in [7, 11) is 0. The lowest BCUT2D eigenvalue weighted by atomic mass is 9.83. The maximum atomic E-state index is 12.4. The summed E-state index contributed by atoms with van der Waals surface area (Å²) in [5.74, 6) is 0.187. The quantitative estimate of drug-likeness (QED) is 0.853. The summed E-state index contributed by atoms with van der Waals surface area (Å²) < 4.78 is 6.75. The molecule has 0 atom stereocenters. The fourth-order valence-electron chi connectivity index (χ4n) is 2.72. The molecule has 20 heavy (non-hydrogen) atoms. The van der Waals surface area contributed by atoms with Gasteiger partial charge in [-0.3, -0.25) is 0 Å². The van der Waals surface area contributed by atoms with E-state index in [-0.39, 0.29) is 5.97 Å². The molecule has 0 saturated carbocycles. The molecule has 0 aromatic heterocycles. The molecule has 1 saturated heterocycles. The summed E-state index contributed by atoms with van der Waals surface area (Å²) in [5, 5.41) is 3.34. The molecule has 1 aromatic carbocycles. The fraction of sp³-hybridized carbons (Fsp3) is 0.562. The molecule has 0 amide bonds. The first-order valence-corrected chi connectivity index (χ1v) is 7.90. The van der Waals surface area contributed by atoms with Crippen LogP contribution >= 0.6 is 15.9 Å². The molecule has 1 N–H and O–H groups in total. The molecule has 0 aliphatic carbocycles. The van der Waals surface area contributed by atoms with Crippen molar-refractivity contribution in [2.75, 3.05) is 13.1 Å². The van der Waals surface area contributed by atoms with Crippen molar-refractivity contribution in [1.29, 1.82) is 0 Å². The minimum Gasteiger partial charge on any atom is -0.456 e. The van der Waals surface area contributed by atoms with Gasteiger partial charge in [-0.1, -0.05) is 22.0 Å². The number of benzene rings is 1. The summed E-state index contributed by atoms with van der Waals surface area (Å²) in [4.78, 5) is 12.4. The number of carbonyl (C=O) groups is 1. The van der Waals surface area contributed by atoms with E-state index < -0.39 is 5.60 Å². The van der Waals surface area contributed by atoms with Gasteiger partial charge in [-0.05, 0) is 64.4 Å². The van der Waals surface area contributed by atoms with Crippen molar-refractivity contribution < 1.29 is 9.53 Å². The van der Waals surface area contributed by atoms with Gasteiger partial charge < -0.3 is 10.1 Å². The Hall–Kier alpha value is -0.870. The minimum absolute atomic E-state index is 0.229. The van der Waals surface area contributed by atoms with Crippen molar-refractivity contribution in [3.8, 4) is 0 Å². The van der Waals surface area contributed by atoms with Crippen molar-refractivity contribution in [2.45, 2.75) is 39.2 Å². The average molecular weight is 340 g/mol. The Morgan fingerprint density at radius 2 is 2.00 bits per heavy atom. The van der Waals surface area contributed by atoms with E-state index in [0.717, 1.165) is 36.0 Å². The molecule has 0 bridgehead atoms. The van der Waals surface area contributed by atoms with Gasteiger partial charge in [-0.25, -0.2) is 4.79 Å². The second kappa shape index (κ2) is 6.27. The first-order chi connectivity index (χ1) is 9.42. The van der Waals surface area contributed by atoms with Gasteiger partial charge in [0.05, 0.1) is 5.56 Å². The van der Waals surface area contributed by atoms with Gasteiger partial charge in [0.2, 0.25) is 0 Å². The van der Waals surface area contributed by atoms with E-state index in [9.17, 15) is 4.79 Å². The number of rotatable bonds is 3. The molecule has 4 heteroatoms. The molecule has 1 aliphatic rings. The Bertz CT molecular complexity index is 493. The first-order valence-electron chi connectivity index (χ1n) is 7.11. The Balaban J connectivity index is 2.11. The molecular formula is C16H22BrNO2. The number of hydrogen-bond donors (Lipinski definition) is 1. The summed E-state index contributed by atoms with van der Waals surface area (Å²) in [5.41, 5.74) is 1.15. The molecule has 0 unspecified atom stereocenters. The normalized spacial score (nSPS) is 17.0. The maximum absolute atomic E-state index is 12.4. The van der Waals surface area contributed by atoms with Crippen molar-refractivity contribution in [3.05, 3.63) is 33.8 Å². The number of hydrogen-bond acceptors (Lipinski definition) is 3. The van der Waals surface area contributed by atoms with E-state index in [1.807, 2.05) is 39.0 Å². The largest absolute Gasteiger partial charge is 0.456 e. The maximum Gasteiger partial charge on any atom is 0.338 e. The Kier molecular flexibility index (Phi) is 4.86. The van der Waals surface area contributed by atoms with Crippen LogP contribution in [0.25, 0.3) is 0 Å². The monoisotopic (exact) mass is 339 g/mol. The SMILES string of the molecule is Cc1c(Br)cccc1C(=O)OC(C)(C)C1CCNCC1. The zero-order valence-electron chi connectivity index (χ0n) is 12.3. The molecule has 0 spiro atoms. The summed E-state index contributed by atoms with van der Waals surface area (Å²) in [6, 6.07) is 5.62. The lowest BCUT2D eigenvalue weighted by molar-refractivity contribution is -0.0368. The molecule has 3 nitrogen and oxygen atoms in total. The molecule has 0 radical (unpaired) electrons. The van der Waals surface area contributed by atoms with Gasteiger partial charge in [0.1, 0.15) is 5.60 Å². The van der Waals surface area contributed by atoms with Gasteiger partial charge in [-0.15, -0.1) is 0 Å². The van der Waals surface area contributed by atoms with Crippen LogP contribution in [0.15, 0.2) is 22.7 Å². The van der Waals surface area contributed by atoms with E-state index in [2.05, 4.69) is 21.2 Å². The number of carbonyl (C=O) groups excluding carboxylic acids is 1. The smallest absolute Gasteiger partial charge is 0.338 e.